The van der Waals surface area contributed by atoms with Gasteiger partial charge in [0.25, 0.3) is 0 Å². The minimum absolute atomic E-state index is 0.0730. The highest BCUT2D eigenvalue weighted by molar-refractivity contribution is 5.87. The fourth-order valence-electron chi connectivity index (χ4n) is 0.439. The largest absolute Gasteiger partial charge is 0.478 e. The van der Waals surface area contributed by atoms with Gasteiger partial charge in [-0.1, -0.05) is 0 Å². The summed E-state index contributed by atoms with van der Waals surface area (Å²) in [4.78, 5) is 20.5. The van der Waals surface area contributed by atoms with Crippen molar-refractivity contribution in [2.75, 3.05) is 0 Å². The second-order valence-electron chi connectivity index (χ2n) is 2.04. The summed E-state index contributed by atoms with van der Waals surface area (Å²) in [6.07, 6.45) is 0. The summed E-state index contributed by atoms with van der Waals surface area (Å²) in [5.74, 6) is -1.07. The lowest BCUT2D eigenvalue weighted by molar-refractivity contribution is -0.132. The monoisotopic (exact) mass is 158 g/mol. The van der Waals surface area contributed by atoms with Gasteiger partial charge < -0.3 is 16.2 Å². The third-order valence-corrected chi connectivity index (χ3v) is 1.19. The van der Waals surface area contributed by atoms with E-state index in [-0.39, 0.29) is 11.3 Å². The van der Waals surface area contributed by atoms with Crippen molar-refractivity contribution < 1.29 is 14.7 Å². The Morgan fingerprint density at radius 2 is 1.82 bits per heavy atom. The fraction of sp³-hybridized carbons (Fsp3) is 0.333. The van der Waals surface area contributed by atoms with E-state index in [1.807, 2.05) is 0 Å². The lowest BCUT2D eigenvalue weighted by Gasteiger charge is -2.02. The summed E-state index contributed by atoms with van der Waals surface area (Å²) >= 11 is 0. The Bertz CT molecular complexity index is 220. The van der Waals surface area contributed by atoms with Crippen LogP contribution in [0.3, 0.4) is 0 Å². The van der Waals surface area contributed by atoms with Crippen molar-refractivity contribution in [3.63, 3.8) is 0 Å². The van der Waals surface area contributed by atoms with Crippen LogP contribution in [0.2, 0.25) is 0 Å². The van der Waals surface area contributed by atoms with Gasteiger partial charge in [0, 0.05) is 5.70 Å². The number of allylic oxidation sites excluding steroid dienone is 1. The second kappa shape index (κ2) is 3.60. The Kier molecular flexibility index (Phi) is 3.10. The molecule has 4 N–H and O–H groups in total. The molecule has 5 heteroatoms. The first-order chi connectivity index (χ1) is 4.95. The molecule has 0 heterocycles. The topological polar surface area (TPSA) is 92.4 Å². The summed E-state index contributed by atoms with van der Waals surface area (Å²) in [6, 6.07) is -0.761. The number of aliphatic carboxylic acids is 1. The maximum Gasteiger partial charge on any atom is 0.333 e. The van der Waals surface area contributed by atoms with E-state index >= 15 is 0 Å². The maximum atomic E-state index is 10.3. The zero-order valence-corrected chi connectivity index (χ0v) is 6.34. The van der Waals surface area contributed by atoms with Crippen LogP contribution >= 0.6 is 0 Å². The molecule has 0 radical (unpaired) electrons. The van der Waals surface area contributed by atoms with Crippen LogP contribution < -0.4 is 11.1 Å². The molecule has 0 fully saturated rings. The number of nitrogens with two attached hydrogens (primary N) is 1. The van der Waals surface area contributed by atoms with Gasteiger partial charge in [0.15, 0.2) is 0 Å². The zero-order valence-electron chi connectivity index (χ0n) is 6.34. The van der Waals surface area contributed by atoms with Gasteiger partial charge in [0.2, 0.25) is 0 Å². The van der Waals surface area contributed by atoms with Crippen molar-refractivity contribution in [2.45, 2.75) is 13.8 Å². The Morgan fingerprint density at radius 1 is 1.36 bits per heavy atom. The number of hydrogen-bond acceptors (Lipinski definition) is 2. The van der Waals surface area contributed by atoms with Crippen LogP contribution in [-0.4, -0.2) is 17.1 Å². The number of carbonyl (C=O) groups is 2. The highest BCUT2D eigenvalue weighted by Crippen LogP contribution is 1.98. The third kappa shape index (κ3) is 3.24. The number of nitrogens with one attached hydrogen (secondary N) is 1. The van der Waals surface area contributed by atoms with E-state index in [9.17, 15) is 9.59 Å². The third-order valence-electron chi connectivity index (χ3n) is 1.19. The first-order valence-electron chi connectivity index (χ1n) is 2.92. The molecule has 0 aromatic heterocycles. The lowest BCUT2D eigenvalue weighted by Crippen LogP contribution is -2.29. The van der Waals surface area contributed by atoms with Crippen LogP contribution in [0.1, 0.15) is 13.8 Å². The molecule has 0 aliphatic carbocycles. The molecule has 2 amide bonds. The van der Waals surface area contributed by atoms with Gasteiger partial charge in [-0.05, 0) is 13.8 Å². The van der Waals surface area contributed by atoms with Gasteiger partial charge in [0.05, 0.1) is 5.57 Å². The smallest absolute Gasteiger partial charge is 0.333 e. The van der Waals surface area contributed by atoms with Crippen LogP contribution in [-0.2, 0) is 4.79 Å². The van der Waals surface area contributed by atoms with Crippen LogP contribution in [0.25, 0.3) is 0 Å². The summed E-state index contributed by atoms with van der Waals surface area (Å²) in [7, 11) is 0. The van der Waals surface area contributed by atoms with Gasteiger partial charge in [-0.3, -0.25) is 0 Å². The molecule has 0 spiro atoms. The van der Waals surface area contributed by atoms with Crippen molar-refractivity contribution >= 4 is 12.0 Å². The standard InChI is InChI=1S/C6H10N2O3/c1-3(5(9)10)4(2)8-6(7)11/h1-2H3,(H,9,10)(H3,7,8,11)/b4-3+. The molecule has 0 aliphatic rings. The van der Waals surface area contributed by atoms with Crippen molar-refractivity contribution in [2.24, 2.45) is 5.73 Å². The highest BCUT2D eigenvalue weighted by atomic mass is 16.4. The van der Waals surface area contributed by atoms with Crippen molar-refractivity contribution in [1.29, 1.82) is 0 Å². The molecule has 0 unspecified atom stereocenters. The number of carboxylic acid groups (broad SMARTS) is 1. The molecule has 0 saturated heterocycles. The molecule has 5 nitrogen and oxygen atoms in total. The fourth-order valence-corrected chi connectivity index (χ4v) is 0.439. The van der Waals surface area contributed by atoms with E-state index in [0.717, 1.165) is 0 Å². The lowest BCUT2D eigenvalue weighted by atomic mass is 10.2. The summed E-state index contributed by atoms with van der Waals surface area (Å²) in [6.45, 7) is 2.85. The van der Waals surface area contributed by atoms with Gasteiger partial charge in [-0.2, -0.15) is 0 Å². The molecular formula is C6H10N2O3. The highest BCUT2D eigenvalue weighted by Gasteiger charge is 2.05. The molecule has 0 atom stereocenters. The van der Waals surface area contributed by atoms with Crippen molar-refractivity contribution in [1.82, 2.24) is 5.32 Å². The molecular weight excluding hydrogens is 148 g/mol. The predicted octanol–water partition coefficient (Wildman–Crippen LogP) is 0.0332. The predicted molar refractivity (Wildman–Crippen MR) is 38.7 cm³/mol. The molecule has 0 bridgehead atoms. The minimum Gasteiger partial charge on any atom is -0.478 e. The molecule has 62 valence electrons. The average molecular weight is 158 g/mol. The number of urea groups is 1. The zero-order chi connectivity index (χ0) is 9.02. The quantitative estimate of drug-likeness (QED) is 0.495. The number of hydrogen-bond donors (Lipinski definition) is 3. The summed E-state index contributed by atoms with van der Waals surface area (Å²) < 4.78 is 0. The van der Waals surface area contributed by atoms with E-state index in [1.54, 1.807) is 0 Å². The van der Waals surface area contributed by atoms with Crippen molar-refractivity contribution in [3.05, 3.63) is 11.3 Å². The van der Waals surface area contributed by atoms with Gasteiger partial charge in [0.1, 0.15) is 0 Å². The maximum absolute atomic E-state index is 10.3. The van der Waals surface area contributed by atoms with E-state index < -0.39 is 12.0 Å². The molecule has 0 saturated carbocycles. The summed E-state index contributed by atoms with van der Waals surface area (Å²) in [5, 5.41) is 10.6. The Morgan fingerprint density at radius 3 is 2.09 bits per heavy atom. The molecule has 0 rings (SSSR count). The number of amides is 2. The van der Waals surface area contributed by atoms with E-state index in [2.05, 4.69) is 5.32 Å². The second-order valence-corrected chi connectivity index (χ2v) is 2.04. The van der Waals surface area contributed by atoms with Crippen molar-refractivity contribution in [3.8, 4) is 0 Å². The normalized spacial score (nSPS) is 11.8. The molecule has 0 aromatic carbocycles. The van der Waals surface area contributed by atoms with Crippen LogP contribution in [0, 0.1) is 0 Å². The number of primary amides is 1. The Labute approximate surface area is 63.9 Å². The van der Waals surface area contributed by atoms with Crippen LogP contribution in [0.5, 0.6) is 0 Å². The van der Waals surface area contributed by atoms with E-state index in [1.165, 1.54) is 13.8 Å². The molecule has 0 aromatic rings. The molecule has 0 aliphatic heterocycles. The number of carbonyl (C=O) groups excluding carboxylic acids is 1. The van der Waals surface area contributed by atoms with Gasteiger partial charge >= 0.3 is 12.0 Å². The number of rotatable bonds is 2. The molecule has 11 heavy (non-hydrogen) atoms. The Balaban J connectivity index is 4.40. The summed E-state index contributed by atoms with van der Waals surface area (Å²) in [5.41, 5.74) is 5.08. The Hall–Kier alpha value is -1.52. The SMILES string of the molecule is C/C(NC(N)=O)=C(/C)C(=O)O. The van der Waals surface area contributed by atoms with E-state index in [0.29, 0.717) is 0 Å². The average Bonchev–Trinajstić information content (AvgIpc) is 1.84. The van der Waals surface area contributed by atoms with Gasteiger partial charge in [-0.15, -0.1) is 0 Å². The van der Waals surface area contributed by atoms with E-state index in [4.69, 9.17) is 10.8 Å². The van der Waals surface area contributed by atoms with Crippen LogP contribution in [0.4, 0.5) is 4.79 Å². The first-order valence-corrected chi connectivity index (χ1v) is 2.92. The van der Waals surface area contributed by atoms with Gasteiger partial charge in [-0.25, -0.2) is 9.59 Å². The first kappa shape index (κ1) is 9.48. The minimum atomic E-state index is -1.07. The van der Waals surface area contributed by atoms with Crippen LogP contribution in [0.15, 0.2) is 11.3 Å². The number of carboxylic acids is 1.